The number of carbonyl (C=O) groups is 1. The van der Waals surface area contributed by atoms with Crippen molar-refractivity contribution in [2.75, 3.05) is 0 Å². The molecule has 0 spiro atoms. The monoisotopic (exact) mass is 292 g/mol. The van der Waals surface area contributed by atoms with Crippen LogP contribution in [0, 0.1) is 12.7 Å². The second kappa shape index (κ2) is 4.80. The Morgan fingerprint density at radius 3 is 2.53 bits per heavy atom. The summed E-state index contributed by atoms with van der Waals surface area (Å²) in [6.07, 6.45) is 0. The smallest absolute Gasteiger partial charge is 0.196 e. The predicted octanol–water partition coefficient (Wildman–Crippen LogP) is 4.13. The molecule has 1 nitrogen and oxygen atoms in total. The quantitative estimate of drug-likeness (QED) is 0.761. The first kappa shape index (κ1) is 12.0. The van der Waals surface area contributed by atoms with Gasteiger partial charge < -0.3 is 0 Å². The number of halogens is 2. The molecule has 0 heterocycles. The van der Waals surface area contributed by atoms with E-state index in [9.17, 15) is 9.18 Å². The van der Waals surface area contributed by atoms with Gasteiger partial charge in [0.15, 0.2) is 5.78 Å². The van der Waals surface area contributed by atoms with Gasteiger partial charge in [0.2, 0.25) is 0 Å². The Labute approximate surface area is 107 Å². The highest BCUT2D eigenvalue weighted by Gasteiger charge is 2.15. The van der Waals surface area contributed by atoms with E-state index in [-0.39, 0.29) is 11.3 Å². The highest BCUT2D eigenvalue weighted by molar-refractivity contribution is 9.10. The Morgan fingerprint density at radius 2 is 1.82 bits per heavy atom. The molecule has 0 saturated heterocycles. The Hall–Kier alpha value is -1.48. The summed E-state index contributed by atoms with van der Waals surface area (Å²) in [7, 11) is 0. The van der Waals surface area contributed by atoms with Crippen LogP contribution in [0.2, 0.25) is 0 Å². The van der Waals surface area contributed by atoms with Crippen molar-refractivity contribution in [3.8, 4) is 0 Å². The molecule has 0 aliphatic carbocycles. The topological polar surface area (TPSA) is 17.1 Å². The fraction of sp³-hybridized carbons (Fsp3) is 0.0714. The Morgan fingerprint density at radius 1 is 1.12 bits per heavy atom. The van der Waals surface area contributed by atoms with E-state index < -0.39 is 5.82 Å². The summed E-state index contributed by atoms with van der Waals surface area (Å²) in [5, 5.41) is 0. The van der Waals surface area contributed by atoms with Gasteiger partial charge in [-0.2, -0.15) is 0 Å². The first-order valence-electron chi connectivity index (χ1n) is 5.15. The zero-order valence-corrected chi connectivity index (χ0v) is 10.8. The van der Waals surface area contributed by atoms with Gasteiger partial charge >= 0.3 is 0 Å². The van der Waals surface area contributed by atoms with Crippen LogP contribution < -0.4 is 0 Å². The van der Waals surface area contributed by atoms with Crippen LogP contribution >= 0.6 is 15.9 Å². The van der Waals surface area contributed by atoms with Gasteiger partial charge in [-0.1, -0.05) is 40.2 Å². The summed E-state index contributed by atoms with van der Waals surface area (Å²) in [5.74, 6) is -0.789. The van der Waals surface area contributed by atoms with Crippen LogP contribution in [0.5, 0.6) is 0 Å². The van der Waals surface area contributed by atoms with Gasteiger partial charge in [-0.25, -0.2) is 4.39 Å². The van der Waals surface area contributed by atoms with Gasteiger partial charge in [0.05, 0.1) is 5.56 Å². The number of carbonyl (C=O) groups excluding carboxylic acids is 1. The second-order valence-electron chi connectivity index (χ2n) is 3.77. The molecule has 2 rings (SSSR count). The number of hydrogen-bond acceptors (Lipinski definition) is 1. The van der Waals surface area contributed by atoms with Crippen molar-refractivity contribution < 1.29 is 9.18 Å². The Bertz CT molecular complexity index is 578. The van der Waals surface area contributed by atoms with E-state index in [1.807, 2.05) is 19.1 Å². The molecular formula is C14H10BrFO. The highest BCUT2D eigenvalue weighted by atomic mass is 79.9. The molecule has 0 aliphatic heterocycles. The molecule has 0 aliphatic rings. The fourth-order valence-corrected chi connectivity index (χ4v) is 2.01. The SMILES string of the molecule is Cc1ccccc1C(=O)c1cc(Br)ccc1F. The average Bonchev–Trinajstić information content (AvgIpc) is 2.32. The third kappa shape index (κ3) is 2.44. The molecule has 2 aromatic rings. The molecule has 0 atom stereocenters. The molecule has 3 heteroatoms. The van der Waals surface area contributed by atoms with Crippen molar-refractivity contribution in [2.24, 2.45) is 0 Å². The molecule has 0 fully saturated rings. The minimum absolute atomic E-state index is 0.0914. The maximum Gasteiger partial charge on any atom is 0.196 e. The summed E-state index contributed by atoms with van der Waals surface area (Å²) >= 11 is 3.24. The van der Waals surface area contributed by atoms with Crippen molar-refractivity contribution in [1.29, 1.82) is 0 Å². The fourth-order valence-electron chi connectivity index (χ4n) is 1.64. The molecule has 0 amide bonds. The normalized spacial score (nSPS) is 10.3. The van der Waals surface area contributed by atoms with E-state index >= 15 is 0 Å². The zero-order valence-electron chi connectivity index (χ0n) is 9.21. The maximum absolute atomic E-state index is 13.6. The summed E-state index contributed by atoms with van der Waals surface area (Å²) in [4.78, 5) is 12.2. The Kier molecular flexibility index (Phi) is 3.38. The number of aryl methyl sites for hydroxylation is 1. The molecule has 0 aromatic heterocycles. The van der Waals surface area contributed by atoms with Crippen LogP contribution in [0.4, 0.5) is 4.39 Å². The van der Waals surface area contributed by atoms with E-state index in [1.54, 1.807) is 18.2 Å². The van der Waals surface area contributed by atoms with Gasteiger partial charge in [-0.05, 0) is 30.7 Å². The average molecular weight is 293 g/mol. The molecule has 0 N–H and O–H groups in total. The zero-order chi connectivity index (χ0) is 12.4. The largest absolute Gasteiger partial charge is 0.288 e. The third-order valence-electron chi connectivity index (χ3n) is 2.56. The lowest BCUT2D eigenvalue weighted by atomic mass is 9.99. The molecule has 86 valence electrons. The van der Waals surface area contributed by atoms with Gasteiger partial charge in [0.1, 0.15) is 5.82 Å². The van der Waals surface area contributed by atoms with Crippen LogP contribution in [0.15, 0.2) is 46.9 Å². The Balaban J connectivity index is 2.51. The summed E-state index contributed by atoms with van der Waals surface area (Å²) in [5.41, 5.74) is 1.47. The molecule has 0 bridgehead atoms. The van der Waals surface area contributed by atoms with Crippen molar-refractivity contribution in [2.45, 2.75) is 6.92 Å². The summed E-state index contributed by atoms with van der Waals surface area (Å²) < 4.78 is 14.3. The maximum atomic E-state index is 13.6. The number of hydrogen-bond donors (Lipinski definition) is 0. The van der Waals surface area contributed by atoms with Crippen molar-refractivity contribution in [3.05, 3.63) is 69.4 Å². The molecular weight excluding hydrogens is 283 g/mol. The van der Waals surface area contributed by atoms with Crippen molar-refractivity contribution in [3.63, 3.8) is 0 Å². The lowest BCUT2D eigenvalue weighted by Crippen LogP contribution is -2.06. The summed E-state index contributed by atoms with van der Waals surface area (Å²) in [6.45, 7) is 1.84. The molecule has 0 radical (unpaired) electrons. The number of ketones is 1. The standard InChI is InChI=1S/C14H10BrFO/c1-9-4-2-3-5-11(9)14(17)12-8-10(15)6-7-13(12)16/h2-8H,1H3. The van der Waals surface area contributed by atoms with E-state index in [0.717, 1.165) is 5.56 Å². The van der Waals surface area contributed by atoms with E-state index in [1.165, 1.54) is 12.1 Å². The van der Waals surface area contributed by atoms with Gasteiger partial charge in [0, 0.05) is 10.0 Å². The lowest BCUT2D eigenvalue weighted by molar-refractivity contribution is 0.103. The predicted molar refractivity (Wildman–Crippen MR) is 68.7 cm³/mol. The molecule has 0 unspecified atom stereocenters. The minimum atomic E-state index is -0.499. The van der Waals surface area contributed by atoms with Crippen molar-refractivity contribution >= 4 is 21.7 Å². The first-order chi connectivity index (χ1) is 8.09. The van der Waals surface area contributed by atoms with Gasteiger partial charge in [0.25, 0.3) is 0 Å². The van der Waals surface area contributed by atoms with E-state index in [0.29, 0.717) is 10.0 Å². The third-order valence-corrected chi connectivity index (χ3v) is 3.06. The van der Waals surface area contributed by atoms with E-state index in [4.69, 9.17) is 0 Å². The second-order valence-corrected chi connectivity index (χ2v) is 4.68. The van der Waals surface area contributed by atoms with Crippen LogP contribution in [-0.2, 0) is 0 Å². The molecule has 0 saturated carbocycles. The van der Waals surface area contributed by atoms with Gasteiger partial charge in [-0.15, -0.1) is 0 Å². The van der Waals surface area contributed by atoms with Gasteiger partial charge in [-0.3, -0.25) is 4.79 Å². The minimum Gasteiger partial charge on any atom is -0.288 e. The number of rotatable bonds is 2. The van der Waals surface area contributed by atoms with Crippen LogP contribution in [0.25, 0.3) is 0 Å². The number of benzene rings is 2. The highest BCUT2D eigenvalue weighted by Crippen LogP contribution is 2.20. The van der Waals surface area contributed by atoms with Crippen molar-refractivity contribution in [1.82, 2.24) is 0 Å². The van der Waals surface area contributed by atoms with Crippen LogP contribution in [0.3, 0.4) is 0 Å². The van der Waals surface area contributed by atoms with E-state index in [2.05, 4.69) is 15.9 Å². The molecule has 2 aromatic carbocycles. The van der Waals surface area contributed by atoms with Crippen LogP contribution in [0.1, 0.15) is 21.5 Å². The first-order valence-corrected chi connectivity index (χ1v) is 5.94. The lowest BCUT2D eigenvalue weighted by Gasteiger charge is -2.06. The van der Waals surface area contributed by atoms with Crippen LogP contribution in [-0.4, -0.2) is 5.78 Å². The summed E-state index contributed by atoms with van der Waals surface area (Å²) in [6, 6.07) is 11.5. The molecule has 17 heavy (non-hydrogen) atoms.